The SMILES string of the molecule is CCC[Si](C)(C)O[Si](C)(C)[Si](C)CCCn1c(=O)c2cc3c(=O)n(CCC[Si](C)(C)[Si](C)(C)O[Si](C)(C)CCC)c(=O)c3cc2c1=O. The average molecular weight is 750 g/mol. The van der Waals surface area contributed by atoms with Gasteiger partial charge >= 0.3 is 0 Å². The average Bonchev–Trinajstić information content (AvgIpc) is 3.30. The van der Waals surface area contributed by atoms with Gasteiger partial charge in [0.2, 0.25) is 0 Å². The molecule has 3 aromatic rings. The number of fused-ring (bicyclic) bond motifs is 2. The van der Waals surface area contributed by atoms with E-state index in [2.05, 4.69) is 85.9 Å². The van der Waals surface area contributed by atoms with E-state index in [1.807, 2.05) is 0 Å². The highest BCUT2D eigenvalue weighted by Gasteiger charge is 2.45. The number of aromatic nitrogens is 2. The molecule has 0 saturated carbocycles. The van der Waals surface area contributed by atoms with Crippen molar-refractivity contribution in [3.05, 3.63) is 53.5 Å². The highest BCUT2D eigenvalue weighted by atomic mass is 29.3. The first-order valence-electron chi connectivity index (χ1n) is 17.6. The summed E-state index contributed by atoms with van der Waals surface area (Å²) >= 11 is 0. The van der Waals surface area contributed by atoms with Crippen molar-refractivity contribution >= 4 is 69.8 Å². The van der Waals surface area contributed by atoms with Gasteiger partial charge in [0.05, 0.1) is 37.5 Å². The Hall–Kier alpha value is -1.28. The second-order valence-electron chi connectivity index (χ2n) is 16.6. The molecule has 0 bridgehead atoms. The smallest absolute Gasteiger partial charge is 0.261 e. The molecule has 8 nitrogen and oxygen atoms in total. The maximum Gasteiger partial charge on any atom is 0.261 e. The van der Waals surface area contributed by atoms with Crippen molar-refractivity contribution in [3.8, 4) is 0 Å². The van der Waals surface area contributed by atoms with Gasteiger partial charge in [0.1, 0.15) is 0 Å². The molecule has 0 spiro atoms. The van der Waals surface area contributed by atoms with Gasteiger partial charge in [0.25, 0.3) is 22.2 Å². The summed E-state index contributed by atoms with van der Waals surface area (Å²) in [5, 5.41) is 0.950. The summed E-state index contributed by atoms with van der Waals surface area (Å²) in [6.07, 6.45) is 3.75. The number of benzene rings is 1. The molecule has 0 atom stereocenters. The number of nitrogens with zero attached hydrogens (tertiary/aromatic N) is 2. The summed E-state index contributed by atoms with van der Waals surface area (Å²) < 4.78 is 16.3. The summed E-state index contributed by atoms with van der Waals surface area (Å²) in [6.45, 7) is 30.8. The summed E-state index contributed by atoms with van der Waals surface area (Å²) in [7, 11) is -9.66. The van der Waals surface area contributed by atoms with Crippen molar-refractivity contribution in [2.45, 2.75) is 149 Å². The van der Waals surface area contributed by atoms with Crippen LogP contribution in [-0.2, 0) is 21.3 Å². The molecule has 263 valence electrons. The molecule has 0 amide bonds. The number of hydrogen-bond acceptors (Lipinski definition) is 6. The first-order chi connectivity index (χ1) is 21.5. The minimum Gasteiger partial charge on any atom is -0.458 e. The van der Waals surface area contributed by atoms with E-state index in [0.29, 0.717) is 13.1 Å². The summed E-state index contributed by atoms with van der Waals surface area (Å²) in [5.41, 5.74) is -1.46. The highest BCUT2D eigenvalue weighted by Crippen LogP contribution is 2.31. The van der Waals surface area contributed by atoms with Crippen LogP contribution >= 0.6 is 0 Å². The van der Waals surface area contributed by atoms with Crippen LogP contribution in [-0.4, -0.2) is 57.3 Å². The Kier molecular flexibility index (Phi) is 12.7. The molecule has 1 aromatic carbocycles. The van der Waals surface area contributed by atoms with Gasteiger partial charge in [-0.1, -0.05) is 58.4 Å². The molecule has 3 rings (SSSR count). The van der Waals surface area contributed by atoms with Crippen LogP contribution in [0.3, 0.4) is 0 Å². The van der Waals surface area contributed by atoms with Crippen LogP contribution in [0.5, 0.6) is 0 Å². The zero-order valence-electron chi connectivity index (χ0n) is 31.6. The largest absolute Gasteiger partial charge is 0.458 e. The van der Waals surface area contributed by atoms with E-state index in [1.165, 1.54) is 21.3 Å². The highest BCUT2D eigenvalue weighted by molar-refractivity contribution is 7.39. The Morgan fingerprint density at radius 3 is 1.38 bits per heavy atom. The van der Waals surface area contributed by atoms with Crippen LogP contribution < -0.4 is 22.2 Å². The lowest BCUT2D eigenvalue weighted by molar-refractivity contribution is 0.554. The Morgan fingerprint density at radius 1 is 0.596 bits per heavy atom. The monoisotopic (exact) mass is 749 g/mol. The fourth-order valence-electron chi connectivity index (χ4n) is 7.18. The van der Waals surface area contributed by atoms with Crippen LogP contribution in [0.15, 0.2) is 31.3 Å². The molecule has 14 heteroatoms. The molecule has 0 fully saturated rings. The van der Waals surface area contributed by atoms with Gasteiger partial charge in [-0.3, -0.25) is 28.3 Å². The van der Waals surface area contributed by atoms with E-state index in [4.69, 9.17) is 8.23 Å². The lowest BCUT2D eigenvalue weighted by atomic mass is 10.1. The molecular formula is C33H61N2O6Si6. The van der Waals surface area contributed by atoms with Gasteiger partial charge in [-0.15, -0.1) is 0 Å². The van der Waals surface area contributed by atoms with E-state index in [0.717, 1.165) is 49.9 Å². The summed E-state index contributed by atoms with van der Waals surface area (Å²) in [5.74, 6) is 0. The van der Waals surface area contributed by atoms with E-state index in [-0.39, 0.29) is 43.8 Å². The Labute approximate surface area is 288 Å². The second kappa shape index (κ2) is 14.9. The second-order valence-corrected chi connectivity index (χ2v) is 52.5. The van der Waals surface area contributed by atoms with Crippen molar-refractivity contribution in [3.63, 3.8) is 0 Å². The number of rotatable bonds is 18. The molecule has 47 heavy (non-hydrogen) atoms. The maximum atomic E-state index is 13.5. The van der Waals surface area contributed by atoms with Gasteiger partial charge in [0.15, 0.2) is 32.3 Å². The molecule has 1 radical (unpaired) electrons. The van der Waals surface area contributed by atoms with Crippen LogP contribution in [0.4, 0.5) is 0 Å². The zero-order valence-corrected chi connectivity index (χ0v) is 37.6. The van der Waals surface area contributed by atoms with Gasteiger partial charge in [0, 0.05) is 13.1 Å². The lowest BCUT2D eigenvalue weighted by Crippen LogP contribution is -2.61. The first-order valence-corrected chi connectivity index (χ1v) is 37.1. The molecule has 0 aliphatic carbocycles. The standard InChI is InChI=1S/C33H61N2O6Si6/c1-14-21-43(4,5)40-46(10,11)42(3)20-16-18-34-30(36)26-24-28-29(25-27(26)31(34)37)33(39)35(32(28)38)19-17-23-45(8,9)47(12,13)41-44(6,7)22-15-2/h24-25H,14-23H2,1-13H3. The topological polar surface area (TPSA) is 96.6 Å². The maximum absolute atomic E-state index is 13.5. The molecule has 0 saturated heterocycles. The van der Waals surface area contributed by atoms with Gasteiger partial charge < -0.3 is 8.23 Å². The first kappa shape index (κ1) is 40.2. The quantitative estimate of drug-likeness (QED) is 0.126. The Balaban J connectivity index is 1.78. The third-order valence-electron chi connectivity index (χ3n) is 10.6. The van der Waals surface area contributed by atoms with E-state index < -0.39 is 48.2 Å². The van der Waals surface area contributed by atoms with Crippen LogP contribution in [0, 0.1) is 0 Å². The Bertz CT molecular complexity index is 1690. The molecule has 2 heterocycles. The zero-order chi connectivity index (χ0) is 35.8. The number of hydrogen-bond donors (Lipinski definition) is 0. The predicted octanol–water partition coefficient (Wildman–Crippen LogP) is 7.36. The fraction of sp³-hybridized carbons (Fsp3) is 0.697. The van der Waals surface area contributed by atoms with Crippen molar-refractivity contribution in [1.29, 1.82) is 0 Å². The van der Waals surface area contributed by atoms with Crippen molar-refractivity contribution in [2.75, 3.05) is 0 Å². The van der Waals surface area contributed by atoms with Crippen molar-refractivity contribution < 1.29 is 8.23 Å². The van der Waals surface area contributed by atoms with Crippen LogP contribution in [0.1, 0.15) is 39.5 Å². The van der Waals surface area contributed by atoms with Crippen molar-refractivity contribution in [2.24, 2.45) is 0 Å². The lowest BCUT2D eigenvalue weighted by Gasteiger charge is -2.43. The summed E-state index contributed by atoms with van der Waals surface area (Å²) in [4.78, 5) is 53.8. The molecular weight excluding hydrogens is 689 g/mol. The molecule has 0 aliphatic heterocycles. The minimum atomic E-state index is -1.92. The predicted molar refractivity (Wildman–Crippen MR) is 215 cm³/mol. The van der Waals surface area contributed by atoms with Crippen LogP contribution in [0.25, 0.3) is 21.5 Å². The van der Waals surface area contributed by atoms with Crippen molar-refractivity contribution in [1.82, 2.24) is 9.13 Å². The van der Waals surface area contributed by atoms with E-state index in [1.54, 1.807) is 0 Å². The molecule has 0 N–H and O–H groups in total. The summed E-state index contributed by atoms with van der Waals surface area (Å²) in [6, 6.07) is 7.25. The van der Waals surface area contributed by atoms with E-state index in [9.17, 15) is 19.2 Å². The third-order valence-corrected chi connectivity index (χ3v) is 49.8. The normalized spacial score (nSPS) is 13.9. The van der Waals surface area contributed by atoms with Gasteiger partial charge in [-0.05, 0) is 89.4 Å². The fourth-order valence-corrected chi connectivity index (χ4v) is 39.9. The molecule has 0 aliphatic rings. The van der Waals surface area contributed by atoms with E-state index >= 15 is 0 Å². The van der Waals surface area contributed by atoms with Gasteiger partial charge in [-0.25, -0.2) is 0 Å². The minimum absolute atomic E-state index is 0.237. The Morgan fingerprint density at radius 2 is 0.979 bits per heavy atom. The molecule has 2 aromatic heterocycles. The van der Waals surface area contributed by atoms with Gasteiger partial charge in [-0.2, -0.15) is 0 Å². The van der Waals surface area contributed by atoms with Crippen LogP contribution in [0.2, 0.25) is 96.2 Å². The molecule has 0 unspecified atom stereocenters. The third kappa shape index (κ3) is 9.10.